The number of nitrogens with zero attached hydrogens (tertiary/aromatic N) is 4. The van der Waals surface area contributed by atoms with Gasteiger partial charge in [0, 0.05) is 0 Å². The number of aromatic amines is 1. The summed E-state index contributed by atoms with van der Waals surface area (Å²) in [5.74, 6) is 2.14. The van der Waals surface area contributed by atoms with Crippen molar-refractivity contribution in [3.8, 4) is 6.07 Å². The van der Waals surface area contributed by atoms with E-state index in [0.717, 1.165) is 23.3 Å². The summed E-state index contributed by atoms with van der Waals surface area (Å²) in [5, 5.41) is 12.8. The second kappa shape index (κ2) is 4.17. The lowest BCUT2D eigenvalue weighted by Gasteiger charge is -1.88. The Morgan fingerprint density at radius 1 is 1.35 bits per heavy atom. The van der Waals surface area contributed by atoms with E-state index in [1.165, 1.54) is 0 Å². The lowest BCUT2D eigenvalue weighted by molar-refractivity contribution is 0.373. The number of rotatable bonds is 3. The maximum Gasteiger partial charge on any atom is 0.231 e. The zero-order valence-corrected chi connectivity index (χ0v) is 10.6. The topological polar surface area (TPSA) is 91.4 Å². The van der Waals surface area contributed by atoms with Crippen molar-refractivity contribution in [3.05, 3.63) is 41.8 Å². The normalized spacial score (nSPS) is 20.9. The Hall–Kier alpha value is -2.68. The number of aromatic nitrogens is 4. The third-order valence-corrected chi connectivity index (χ3v) is 3.52. The second-order valence-electron chi connectivity index (χ2n) is 5.00. The van der Waals surface area contributed by atoms with E-state index in [-0.39, 0.29) is 11.8 Å². The third kappa shape index (κ3) is 1.84. The Morgan fingerprint density at radius 3 is 3.05 bits per heavy atom. The van der Waals surface area contributed by atoms with Crippen molar-refractivity contribution < 1.29 is 4.52 Å². The minimum Gasteiger partial charge on any atom is -0.342 e. The molecule has 1 aromatic carbocycles. The van der Waals surface area contributed by atoms with Crippen LogP contribution in [0.2, 0.25) is 0 Å². The number of fused-ring (bicyclic) bond motifs is 1. The molecule has 6 heteroatoms. The summed E-state index contributed by atoms with van der Waals surface area (Å²) in [6.45, 7) is 0. The summed E-state index contributed by atoms with van der Waals surface area (Å²) in [5.41, 5.74) is 1.93. The molecule has 2 heterocycles. The number of hydrogen-bond donors (Lipinski definition) is 1. The van der Waals surface area contributed by atoms with Crippen LogP contribution in [0.15, 0.2) is 28.8 Å². The number of nitrogens with one attached hydrogen (secondary N) is 1. The lowest BCUT2D eigenvalue weighted by Crippen LogP contribution is -1.93. The zero-order valence-electron chi connectivity index (χ0n) is 10.6. The van der Waals surface area contributed by atoms with Crippen molar-refractivity contribution >= 4 is 11.0 Å². The van der Waals surface area contributed by atoms with Crippen molar-refractivity contribution in [2.75, 3.05) is 0 Å². The first kappa shape index (κ1) is 11.2. The first-order valence-corrected chi connectivity index (χ1v) is 6.49. The number of para-hydroxylation sites is 2. The van der Waals surface area contributed by atoms with Gasteiger partial charge in [0.05, 0.1) is 35.4 Å². The van der Waals surface area contributed by atoms with Gasteiger partial charge in [-0.2, -0.15) is 10.2 Å². The molecule has 1 aliphatic carbocycles. The van der Waals surface area contributed by atoms with Gasteiger partial charge in [0.15, 0.2) is 5.82 Å². The molecule has 3 aromatic rings. The fourth-order valence-corrected chi connectivity index (χ4v) is 2.34. The van der Waals surface area contributed by atoms with Crippen LogP contribution in [0, 0.1) is 17.2 Å². The second-order valence-corrected chi connectivity index (χ2v) is 5.00. The third-order valence-electron chi connectivity index (χ3n) is 3.52. The highest BCUT2D eigenvalue weighted by Crippen LogP contribution is 2.45. The van der Waals surface area contributed by atoms with E-state index in [1.54, 1.807) is 0 Å². The van der Waals surface area contributed by atoms with Gasteiger partial charge in [0.25, 0.3) is 0 Å². The van der Waals surface area contributed by atoms with Gasteiger partial charge in [0.2, 0.25) is 5.89 Å². The van der Waals surface area contributed by atoms with Gasteiger partial charge in [0.1, 0.15) is 5.82 Å². The molecule has 2 aromatic heterocycles. The molecule has 0 amide bonds. The van der Waals surface area contributed by atoms with Gasteiger partial charge < -0.3 is 9.51 Å². The average molecular weight is 265 g/mol. The summed E-state index contributed by atoms with van der Waals surface area (Å²) in [7, 11) is 0. The van der Waals surface area contributed by atoms with Gasteiger partial charge in [-0.1, -0.05) is 17.3 Å². The molecule has 1 fully saturated rings. The molecule has 0 radical (unpaired) electrons. The van der Waals surface area contributed by atoms with E-state index in [0.29, 0.717) is 18.1 Å². The van der Waals surface area contributed by atoms with E-state index in [2.05, 4.69) is 26.2 Å². The quantitative estimate of drug-likeness (QED) is 0.783. The number of benzene rings is 1. The van der Waals surface area contributed by atoms with Crippen molar-refractivity contribution in [2.45, 2.75) is 18.8 Å². The fourth-order valence-electron chi connectivity index (χ4n) is 2.34. The van der Waals surface area contributed by atoms with Gasteiger partial charge in [-0.15, -0.1) is 0 Å². The zero-order chi connectivity index (χ0) is 13.5. The van der Waals surface area contributed by atoms with Crippen LogP contribution in [-0.2, 0) is 6.42 Å². The molecule has 1 aliphatic rings. The highest BCUT2D eigenvalue weighted by atomic mass is 16.5. The molecule has 98 valence electrons. The average Bonchev–Trinajstić information content (AvgIpc) is 2.91. The van der Waals surface area contributed by atoms with Gasteiger partial charge in [-0.3, -0.25) is 0 Å². The Bertz CT molecular complexity index is 779. The molecule has 4 rings (SSSR count). The summed E-state index contributed by atoms with van der Waals surface area (Å²) >= 11 is 0. The van der Waals surface area contributed by atoms with E-state index in [4.69, 9.17) is 9.78 Å². The minimum atomic E-state index is 0.0366. The smallest absolute Gasteiger partial charge is 0.231 e. The molecule has 20 heavy (non-hydrogen) atoms. The number of imidazole rings is 1. The van der Waals surface area contributed by atoms with Crippen LogP contribution in [0.25, 0.3) is 11.0 Å². The molecule has 1 saturated carbocycles. The van der Waals surface area contributed by atoms with Crippen LogP contribution in [-0.4, -0.2) is 20.1 Å². The minimum absolute atomic E-state index is 0.0366. The first-order valence-electron chi connectivity index (χ1n) is 6.49. The van der Waals surface area contributed by atoms with Gasteiger partial charge in [-0.25, -0.2) is 4.98 Å². The van der Waals surface area contributed by atoms with E-state index in [1.807, 2.05) is 24.3 Å². The SMILES string of the molecule is N#CC1CC1c1nc(Cc2nc3ccccc3[nH]2)no1. The fraction of sp³-hybridized carbons (Fsp3) is 0.286. The molecule has 2 unspecified atom stereocenters. The van der Waals surface area contributed by atoms with E-state index in [9.17, 15) is 0 Å². The van der Waals surface area contributed by atoms with Crippen LogP contribution in [0.4, 0.5) is 0 Å². The Labute approximate surface area is 114 Å². The molecule has 0 aliphatic heterocycles. The van der Waals surface area contributed by atoms with Gasteiger partial charge in [-0.05, 0) is 18.6 Å². The maximum absolute atomic E-state index is 8.81. The predicted octanol–water partition coefficient (Wildman–Crippen LogP) is 2.16. The molecule has 0 bridgehead atoms. The Kier molecular flexibility index (Phi) is 2.33. The Morgan fingerprint density at radius 2 is 2.25 bits per heavy atom. The van der Waals surface area contributed by atoms with Crippen molar-refractivity contribution in [3.63, 3.8) is 0 Å². The molecule has 6 nitrogen and oxygen atoms in total. The standard InChI is InChI=1S/C14H11N5O/c15-7-8-5-9(8)14-18-13(19-20-14)6-12-16-10-3-1-2-4-11(10)17-12/h1-4,8-9H,5-6H2,(H,16,17). The summed E-state index contributed by atoms with van der Waals surface area (Å²) in [6.07, 6.45) is 1.32. The highest BCUT2D eigenvalue weighted by molar-refractivity contribution is 5.74. The van der Waals surface area contributed by atoms with Crippen molar-refractivity contribution in [2.24, 2.45) is 5.92 Å². The van der Waals surface area contributed by atoms with Crippen molar-refractivity contribution in [1.29, 1.82) is 5.26 Å². The molecular weight excluding hydrogens is 254 g/mol. The van der Waals surface area contributed by atoms with E-state index < -0.39 is 0 Å². The molecular formula is C14H11N5O. The number of hydrogen-bond acceptors (Lipinski definition) is 5. The molecule has 0 spiro atoms. The highest BCUT2D eigenvalue weighted by Gasteiger charge is 2.43. The largest absolute Gasteiger partial charge is 0.342 e. The van der Waals surface area contributed by atoms with Crippen LogP contribution < -0.4 is 0 Å². The van der Waals surface area contributed by atoms with Crippen LogP contribution >= 0.6 is 0 Å². The van der Waals surface area contributed by atoms with Crippen LogP contribution in [0.5, 0.6) is 0 Å². The maximum atomic E-state index is 8.81. The summed E-state index contributed by atoms with van der Waals surface area (Å²) < 4.78 is 5.21. The number of H-pyrrole nitrogens is 1. The van der Waals surface area contributed by atoms with Crippen LogP contribution in [0.3, 0.4) is 0 Å². The predicted molar refractivity (Wildman–Crippen MR) is 69.7 cm³/mol. The summed E-state index contributed by atoms with van der Waals surface area (Å²) in [4.78, 5) is 12.1. The molecule has 0 saturated heterocycles. The first-order chi connectivity index (χ1) is 9.83. The molecule has 2 atom stereocenters. The molecule has 1 N–H and O–H groups in total. The monoisotopic (exact) mass is 265 g/mol. The lowest BCUT2D eigenvalue weighted by atomic mass is 10.3. The van der Waals surface area contributed by atoms with Crippen LogP contribution in [0.1, 0.15) is 29.9 Å². The van der Waals surface area contributed by atoms with Gasteiger partial charge >= 0.3 is 0 Å². The van der Waals surface area contributed by atoms with Crippen molar-refractivity contribution in [1.82, 2.24) is 20.1 Å². The number of nitriles is 1. The summed E-state index contributed by atoms with van der Waals surface area (Å²) in [6, 6.07) is 10.1. The van der Waals surface area contributed by atoms with E-state index >= 15 is 0 Å². The Balaban J connectivity index is 1.55.